The monoisotopic (exact) mass is 426 g/mol. The van der Waals surface area contributed by atoms with Crippen LogP contribution in [0, 0.1) is 13.8 Å². The lowest BCUT2D eigenvalue weighted by atomic mass is 10.1. The summed E-state index contributed by atoms with van der Waals surface area (Å²) in [5.74, 6) is -1.58. The number of anilines is 2. The number of carbonyl (C=O) groups is 3. The van der Waals surface area contributed by atoms with E-state index >= 15 is 0 Å². The van der Waals surface area contributed by atoms with Crippen LogP contribution in [0.2, 0.25) is 0 Å². The molecule has 2 aromatic rings. The molecular formula is C23H23ClN2O4. The molecule has 0 aromatic heterocycles. The van der Waals surface area contributed by atoms with Gasteiger partial charge in [-0.1, -0.05) is 43.1 Å². The Labute approximate surface area is 180 Å². The highest BCUT2D eigenvalue weighted by atomic mass is 35.5. The first kappa shape index (κ1) is 21.6. The largest absolute Gasteiger partial charge is 0.462 e. The molecule has 1 aliphatic rings. The minimum atomic E-state index is -0.590. The third kappa shape index (κ3) is 4.24. The van der Waals surface area contributed by atoms with Crippen LogP contribution in [0.15, 0.2) is 53.2 Å². The van der Waals surface area contributed by atoms with Crippen molar-refractivity contribution in [2.24, 2.45) is 0 Å². The number of amides is 2. The second-order valence-corrected chi connectivity index (χ2v) is 7.43. The van der Waals surface area contributed by atoms with E-state index in [1.807, 2.05) is 26.8 Å². The molecule has 1 heterocycles. The predicted molar refractivity (Wildman–Crippen MR) is 117 cm³/mol. The van der Waals surface area contributed by atoms with Gasteiger partial charge in [0.25, 0.3) is 11.8 Å². The molecule has 0 unspecified atom stereocenters. The minimum absolute atomic E-state index is 0.0286. The highest BCUT2D eigenvalue weighted by molar-refractivity contribution is 6.53. The third-order valence-electron chi connectivity index (χ3n) is 4.94. The second-order valence-electron chi connectivity index (χ2n) is 7.05. The molecule has 1 N–H and O–H groups in total. The van der Waals surface area contributed by atoms with Crippen molar-refractivity contribution in [2.45, 2.75) is 33.6 Å². The van der Waals surface area contributed by atoms with Gasteiger partial charge in [0.2, 0.25) is 0 Å². The van der Waals surface area contributed by atoms with Gasteiger partial charge in [-0.25, -0.2) is 9.69 Å². The Balaban J connectivity index is 1.83. The Hall–Kier alpha value is -3.12. The van der Waals surface area contributed by atoms with Gasteiger partial charge in [0.05, 0.1) is 17.9 Å². The lowest BCUT2D eigenvalue weighted by molar-refractivity contribution is -0.120. The van der Waals surface area contributed by atoms with E-state index in [1.54, 1.807) is 36.4 Å². The fraction of sp³-hybridized carbons (Fsp3) is 0.261. The van der Waals surface area contributed by atoms with E-state index in [4.69, 9.17) is 16.3 Å². The Bertz CT molecular complexity index is 1050. The number of carbonyl (C=O) groups excluding carboxylic acids is 3. The summed E-state index contributed by atoms with van der Waals surface area (Å²) in [5, 5.41) is 2.70. The molecule has 0 radical (unpaired) electrons. The van der Waals surface area contributed by atoms with Crippen LogP contribution in [0.3, 0.4) is 0 Å². The lowest BCUT2D eigenvalue weighted by Crippen LogP contribution is -2.33. The summed E-state index contributed by atoms with van der Waals surface area (Å²) in [6, 6.07) is 11.9. The predicted octanol–water partition coefficient (Wildman–Crippen LogP) is 4.70. The fourth-order valence-electron chi connectivity index (χ4n) is 3.07. The van der Waals surface area contributed by atoms with Gasteiger partial charge in [-0.3, -0.25) is 9.59 Å². The fourth-order valence-corrected chi connectivity index (χ4v) is 3.28. The molecule has 30 heavy (non-hydrogen) atoms. The van der Waals surface area contributed by atoms with Gasteiger partial charge in [0, 0.05) is 5.69 Å². The number of unbranched alkanes of at least 4 members (excludes halogenated alkanes) is 1. The van der Waals surface area contributed by atoms with Crippen LogP contribution in [-0.2, 0) is 14.3 Å². The maximum atomic E-state index is 13.0. The standard InChI is InChI=1S/C23H23ClN2O4/c1-4-5-12-30-23(29)16-9-7-10-17(13-16)25-20-19(24)21(27)26(22(20)28)18-11-6-8-14(2)15(18)3/h6-11,13,25H,4-5,12H2,1-3H3. The molecule has 3 rings (SSSR count). The molecule has 7 heteroatoms. The molecule has 0 aliphatic carbocycles. The molecule has 0 saturated heterocycles. The molecule has 2 aromatic carbocycles. The molecule has 0 fully saturated rings. The van der Waals surface area contributed by atoms with Crippen molar-refractivity contribution in [1.29, 1.82) is 0 Å². The van der Waals surface area contributed by atoms with E-state index in [1.165, 1.54) is 0 Å². The first-order valence-electron chi connectivity index (χ1n) is 9.74. The molecule has 0 atom stereocenters. The molecule has 0 spiro atoms. The molecule has 0 saturated carbocycles. The Morgan fingerprint density at radius 1 is 1.10 bits per heavy atom. The zero-order valence-corrected chi connectivity index (χ0v) is 17.9. The summed E-state index contributed by atoms with van der Waals surface area (Å²) in [7, 11) is 0. The summed E-state index contributed by atoms with van der Waals surface area (Å²) in [5.41, 5.74) is 3.04. The van der Waals surface area contributed by atoms with Gasteiger partial charge < -0.3 is 10.1 Å². The van der Waals surface area contributed by atoms with Crippen molar-refractivity contribution in [3.8, 4) is 0 Å². The Kier molecular flexibility index (Phi) is 6.57. The SMILES string of the molecule is CCCCOC(=O)c1cccc(NC2=C(Cl)C(=O)N(c3cccc(C)c3C)C2=O)c1. The van der Waals surface area contributed by atoms with Gasteiger partial charge >= 0.3 is 5.97 Å². The zero-order valence-electron chi connectivity index (χ0n) is 17.1. The number of nitrogens with zero attached hydrogens (tertiary/aromatic N) is 1. The number of esters is 1. The number of nitrogens with one attached hydrogen (secondary N) is 1. The van der Waals surface area contributed by atoms with Gasteiger partial charge in [0.1, 0.15) is 10.7 Å². The molecule has 156 valence electrons. The van der Waals surface area contributed by atoms with E-state index in [0.717, 1.165) is 28.9 Å². The summed E-state index contributed by atoms with van der Waals surface area (Å²) in [6.07, 6.45) is 1.71. The molecule has 1 aliphatic heterocycles. The van der Waals surface area contributed by atoms with Crippen LogP contribution in [0.5, 0.6) is 0 Å². The lowest BCUT2D eigenvalue weighted by Gasteiger charge is -2.18. The summed E-state index contributed by atoms with van der Waals surface area (Å²) in [6.45, 7) is 6.11. The summed E-state index contributed by atoms with van der Waals surface area (Å²) < 4.78 is 5.22. The number of hydrogen-bond acceptors (Lipinski definition) is 5. The van der Waals surface area contributed by atoms with Crippen molar-refractivity contribution in [3.63, 3.8) is 0 Å². The quantitative estimate of drug-likeness (QED) is 0.394. The van der Waals surface area contributed by atoms with Crippen molar-refractivity contribution in [3.05, 3.63) is 69.9 Å². The van der Waals surface area contributed by atoms with E-state index in [2.05, 4.69) is 5.32 Å². The molecule has 6 nitrogen and oxygen atoms in total. The van der Waals surface area contributed by atoms with Crippen molar-refractivity contribution >= 4 is 40.8 Å². The van der Waals surface area contributed by atoms with Crippen molar-refractivity contribution < 1.29 is 19.1 Å². The molecule has 2 amide bonds. The number of imide groups is 1. The van der Waals surface area contributed by atoms with Crippen LogP contribution in [0.25, 0.3) is 0 Å². The number of aryl methyl sites for hydroxylation is 1. The number of hydrogen-bond donors (Lipinski definition) is 1. The number of halogens is 1. The minimum Gasteiger partial charge on any atom is -0.462 e. The smallest absolute Gasteiger partial charge is 0.338 e. The molecule has 0 bridgehead atoms. The van der Waals surface area contributed by atoms with E-state index in [9.17, 15) is 14.4 Å². The van der Waals surface area contributed by atoms with Crippen LogP contribution in [0.1, 0.15) is 41.3 Å². The highest BCUT2D eigenvalue weighted by Crippen LogP contribution is 2.33. The first-order chi connectivity index (χ1) is 14.3. The Morgan fingerprint density at radius 3 is 2.57 bits per heavy atom. The van der Waals surface area contributed by atoms with Crippen LogP contribution in [-0.4, -0.2) is 24.4 Å². The van der Waals surface area contributed by atoms with Crippen LogP contribution >= 0.6 is 11.6 Å². The van der Waals surface area contributed by atoms with E-state index in [0.29, 0.717) is 23.5 Å². The van der Waals surface area contributed by atoms with Gasteiger partial charge in [-0.05, 0) is 55.7 Å². The van der Waals surface area contributed by atoms with Crippen molar-refractivity contribution in [1.82, 2.24) is 0 Å². The second kappa shape index (κ2) is 9.13. The number of ether oxygens (including phenoxy) is 1. The van der Waals surface area contributed by atoms with E-state index < -0.39 is 17.8 Å². The Morgan fingerprint density at radius 2 is 1.83 bits per heavy atom. The zero-order chi connectivity index (χ0) is 21.8. The maximum absolute atomic E-state index is 13.0. The average molecular weight is 427 g/mol. The highest BCUT2D eigenvalue weighted by Gasteiger charge is 2.39. The maximum Gasteiger partial charge on any atom is 0.338 e. The topological polar surface area (TPSA) is 75.7 Å². The first-order valence-corrected chi connectivity index (χ1v) is 10.1. The summed E-state index contributed by atoms with van der Waals surface area (Å²) in [4.78, 5) is 38.9. The molecular weight excluding hydrogens is 404 g/mol. The number of rotatable bonds is 7. The average Bonchev–Trinajstić information content (AvgIpc) is 2.94. The normalized spacial score (nSPS) is 13.8. The van der Waals surface area contributed by atoms with E-state index in [-0.39, 0.29) is 10.7 Å². The van der Waals surface area contributed by atoms with Gasteiger partial charge in [0.15, 0.2) is 0 Å². The van der Waals surface area contributed by atoms with Gasteiger partial charge in [-0.2, -0.15) is 0 Å². The summed E-state index contributed by atoms with van der Waals surface area (Å²) >= 11 is 6.21. The van der Waals surface area contributed by atoms with Crippen molar-refractivity contribution in [2.75, 3.05) is 16.8 Å². The van der Waals surface area contributed by atoms with Crippen LogP contribution < -0.4 is 10.2 Å². The number of benzene rings is 2. The van der Waals surface area contributed by atoms with Crippen LogP contribution in [0.4, 0.5) is 11.4 Å². The third-order valence-corrected chi connectivity index (χ3v) is 5.29. The van der Waals surface area contributed by atoms with Gasteiger partial charge in [-0.15, -0.1) is 0 Å².